The van der Waals surface area contributed by atoms with Gasteiger partial charge in [0, 0.05) is 49.1 Å². The van der Waals surface area contributed by atoms with Crippen LogP contribution in [-0.4, -0.2) is 51.9 Å². The van der Waals surface area contributed by atoms with Crippen molar-refractivity contribution in [1.82, 2.24) is 15.8 Å². The zero-order valence-electron chi connectivity index (χ0n) is 25.4. The summed E-state index contributed by atoms with van der Waals surface area (Å²) in [5, 5.41) is 49.1. The van der Waals surface area contributed by atoms with E-state index in [1.54, 1.807) is 42.0 Å². The predicted molar refractivity (Wildman–Crippen MR) is 180 cm³/mol. The molecule has 2 heterocycles. The normalized spacial score (nSPS) is 12.8. The van der Waals surface area contributed by atoms with Crippen LogP contribution < -0.4 is 15.7 Å². The number of nitrogens with zero attached hydrogens (tertiary/aromatic N) is 4. The van der Waals surface area contributed by atoms with Crippen molar-refractivity contribution in [2.75, 3.05) is 18.0 Å². The van der Waals surface area contributed by atoms with Gasteiger partial charge in [0.15, 0.2) is 0 Å². The van der Waals surface area contributed by atoms with E-state index >= 15 is 0 Å². The molecule has 0 atom stereocenters. The molecule has 244 valence electrons. The van der Waals surface area contributed by atoms with Gasteiger partial charge in [0.2, 0.25) is 0 Å². The Hall–Kier alpha value is -5.60. The van der Waals surface area contributed by atoms with Crippen molar-refractivity contribution < 1.29 is 29.4 Å². The van der Waals surface area contributed by atoms with Gasteiger partial charge in [0.05, 0.1) is 10.0 Å². The van der Waals surface area contributed by atoms with Gasteiger partial charge in [0.25, 0.3) is 12.4 Å². The maximum atomic E-state index is 14.8. The first-order valence-corrected chi connectivity index (χ1v) is 15.4. The molecule has 1 amide bonds. The first kappa shape index (κ1) is 35.3. The summed E-state index contributed by atoms with van der Waals surface area (Å²) in [6.45, 7) is 1.71. The van der Waals surface area contributed by atoms with Gasteiger partial charge in [-0.25, -0.2) is 14.9 Å². The number of hydroxylamine groups is 1. The summed E-state index contributed by atoms with van der Waals surface area (Å²) in [4.78, 5) is 26.3. The zero-order valence-corrected chi connectivity index (χ0v) is 27.0. The van der Waals surface area contributed by atoms with Crippen molar-refractivity contribution in [3.05, 3.63) is 105 Å². The number of halogens is 2. The molecule has 0 radical (unpaired) electrons. The summed E-state index contributed by atoms with van der Waals surface area (Å²) in [6.07, 6.45) is 6.13. The van der Waals surface area contributed by atoms with Gasteiger partial charge < -0.3 is 20.4 Å². The Morgan fingerprint density at radius 3 is 2.35 bits per heavy atom. The molecule has 3 aromatic carbocycles. The van der Waals surface area contributed by atoms with E-state index in [1.807, 2.05) is 30.3 Å². The molecule has 5 N–H and O–H groups in total. The van der Waals surface area contributed by atoms with E-state index in [9.17, 15) is 24.8 Å². The number of benzene rings is 3. The molecule has 13 heteroatoms. The number of hydrogen-bond donors (Lipinski definition) is 5. The highest BCUT2D eigenvalue weighted by molar-refractivity contribution is 9.10. The van der Waals surface area contributed by atoms with E-state index in [0.717, 1.165) is 24.0 Å². The van der Waals surface area contributed by atoms with Crippen molar-refractivity contribution >= 4 is 40.2 Å². The van der Waals surface area contributed by atoms with Gasteiger partial charge in [-0.15, -0.1) is 0 Å². The molecule has 1 fully saturated rings. The monoisotopic (exact) mass is 712 g/mol. The molecule has 0 bridgehead atoms. The fourth-order valence-corrected chi connectivity index (χ4v) is 5.57. The third kappa shape index (κ3) is 8.60. The maximum Gasteiger partial charge on any atom is 0.290 e. The van der Waals surface area contributed by atoms with Gasteiger partial charge in [-0.2, -0.15) is 10.5 Å². The average molecular weight is 714 g/mol. The Kier molecular flexibility index (Phi) is 12.3. The number of aromatic nitrogens is 1. The van der Waals surface area contributed by atoms with Gasteiger partial charge in [-0.05, 0) is 81.4 Å². The summed E-state index contributed by atoms with van der Waals surface area (Å²) < 4.78 is 15.3. The number of nitrogens with one attached hydrogen (secondary N) is 2. The molecule has 0 spiro atoms. The van der Waals surface area contributed by atoms with Crippen molar-refractivity contribution in [3.63, 3.8) is 0 Å². The van der Waals surface area contributed by atoms with Crippen LogP contribution in [0.2, 0.25) is 0 Å². The number of pyridine rings is 1. The number of rotatable bonds is 8. The number of anilines is 1. The smallest absolute Gasteiger partial charge is 0.290 e. The highest BCUT2D eigenvalue weighted by atomic mass is 79.9. The summed E-state index contributed by atoms with van der Waals surface area (Å²) in [7, 11) is 0. The number of piperidine rings is 1. The first-order valence-electron chi connectivity index (χ1n) is 14.6. The fourth-order valence-electron chi connectivity index (χ4n) is 5.32. The van der Waals surface area contributed by atoms with E-state index in [4.69, 9.17) is 20.1 Å². The summed E-state index contributed by atoms with van der Waals surface area (Å²) in [6, 6.07) is 21.4. The Bertz CT molecular complexity index is 1900. The topological polar surface area (TPSA) is 183 Å². The van der Waals surface area contributed by atoms with Crippen LogP contribution in [0.25, 0.3) is 28.3 Å². The van der Waals surface area contributed by atoms with Crippen LogP contribution >= 0.6 is 15.9 Å². The minimum absolute atomic E-state index is 0.0153. The van der Waals surface area contributed by atoms with Gasteiger partial charge in [-0.1, -0.05) is 36.4 Å². The summed E-state index contributed by atoms with van der Waals surface area (Å²) in [5.74, 6) is -0.765. The molecule has 0 aliphatic carbocycles. The number of hydrogen-bond acceptors (Lipinski definition) is 9. The molecule has 1 aromatic heterocycles. The fraction of sp³-hybridized carbons (Fsp3) is 0.171. The number of carboxylic acid groups (broad SMARTS) is 1. The van der Waals surface area contributed by atoms with Crippen LogP contribution in [0, 0.1) is 28.5 Å². The standard InChI is InChI=1S/C34H28BrFN6O3.CH2O2/c35-29-9-8-23(16-31(29)43)28-20-40-34(27(18-38)33(28)24-6-7-25(17-37)30(36)15-24)42-13-11-26(12-14-42)39-19-22-3-1-21(2-4-22)5-10-32(44)41-45;2-1-3/h1-10,15-16,20,26,39,43,45H,11-14,19H2,(H,41,44);1H,(H,2,3)/b10-5+;. The second-order valence-corrected chi connectivity index (χ2v) is 11.5. The molecule has 1 aliphatic rings. The molecule has 0 saturated carbocycles. The van der Waals surface area contributed by atoms with E-state index in [2.05, 4.69) is 32.2 Å². The Morgan fingerprint density at radius 2 is 1.75 bits per heavy atom. The first-order chi connectivity index (χ1) is 23.2. The van der Waals surface area contributed by atoms with Crippen LogP contribution in [0.1, 0.15) is 35.1 Å². The quantitative estimate of drug-likeness (QED) is 0.0653. The number of amides is 1. The van der Waals surface area contributed by atoms with Gasteiger partial charge >= 0.3 is 0 Å². The van der Waals surface area contributed by atoms with Crippen molar-refractivity contribution in [1.29, 1.82) is 10.5 Å². The minimum atomic E-state index is -0.686. The van der Waals surface area contributed by atoms with Crippen LogP contribution in [0.5, 0.6) is 5.75 Å². The van der Waals surface area contributed by atoms with Crippen LogP contribution in [0.15, 0.2) is 77.4 Å². The average Bonchev–Trinajstić information content (AvgIpc) is 3.11. The van der Waals surface area contributed by atoms with Crippen LogP contribution in [-0.2, 0) is 16.1 Å². The summed E-state index contributed by atoms with van der Waals surface area (Å²) in [5.41, 5.74) is 5.74. The largest absolute Gasteiger partial charge is 0.507 e. The lowest BCUT2D eigenvalue weighted by Gasteiger charge is -2.34. The van der Waals surface area contributed by atoms with Crippen LogP contribution in [0.3, 0.4) is 0 Å². The lowest BCUT2D eigenvalue weighted by molar-refractivity contribution is -0.124. The molecule has 1 saturated heterocycles. The molecular formula is C35H30BrFN6O5. The molecular weight excluding hydrogens is 683 g/mol. The third-order valence-corrected chi connectivity index (χ3v) is 8.38. The van der Waals surface area contributed by atoms with Gasteiger partial charge in [-0.3, -0.25) is 14.8 Å². The highest BCUT2D eigenvalue weighted by Crippen LogP contribution is 2.41. The number of carbonyl (C=O) groups is 2. The van der Waals surface area contributed by atoms with Gasteiger partial charge in [0.1, 0.15) is 35.1 Å². The molecule has 0 unspecified atom stereocenters. The Balaban J connectivity index is 0.00000167. The number of aromatic hydroxyl groups is 1. The lowest BCUT2D eigenvalue weighted by Crippen LogP contribution is -2.42. The second-order valence-electron chi connectivity index (χ2n) is 10.6. The Morgan fingerprint density at radius 1 is 1.06 bits per heavy atom. The second kappa shape index (κ2) is 16.8. The molecule has 4 aromatic rings. The van der Waals surface area contributed by atoms with Crippen LogP contribution in [0.4, 0.5) is 10.2 Å². The predicted octanol–water partition coefficient (Wildman–Crippen LogP) is 5.74. The van der Waals surface area contributed by atoms with E-state index in [0.29, 0.717) is 52.2 Å². The molecule has 11 nitrogen and oxygen atoms in total. The Labute approximate surface area is 284 Å². The zero-order chi connectivity index (χ0) is 34.6. The van der Waals surface area contributed by atoms with E-state index in [1.165, 1.54) is 18.2 Å². The van der Waals surface area contributed by atoms with Crippen molar-refractivity contribution in [3.8, 4) is 40.1 Å². The van der Waals surface area contributed by atoms with E-state index in [-0.39, 0.29) is 29.4 Å². The van der Waals surface area contributed by atoms with E-state index < -0.39 is 11.7 Å². The molecule has 1 aliphatic heterocycles. The highest BCUT2D eigenvalue weighted by Gasteiger charge is 2.26. The number of nitriles is 2. The van der Waals surface area contributed by atoms with Crippen molar-refractivity contribution in [2.45, 2.75) is 25.4 Å². The maximum absolute atomic E-state index is 14.8. The SMILES string of the molecule is N#Cc1ccc(-c2c(-c3ccc(Br)c(O)c3)cnc(N3CCC(NCc4ccc(/C=C/C(=O)NO)cc4)CC3)c2C#N)cc1F.O=CO. The molecule has 48 heavy (non-hydrogen) atoms. The van der Waals surface area contributed by atoms with Crippen molar-refractivity contribution in [2.24, 2.45) is 0 Å². The number of carbonyl (C=O) groups excluding carboxylic acids is 1. The number of phenols is 1. The minimum Gasteiger partial charge on any atom is -0.507 e. The lowest BCUT2D eigenvalue weighted by atomic mass is 9.91. The number of phenolic OH excluding ortho intramolecular Hbond substituents is 1. The molecule has 5 rings (SSSR count). The summed E-state index contributed by atoms with van der Waals surface area (Å²) >= 11 is 3.30. The third-order valence-electron chi connectivity index (χ3n) is 7.71.